The van der Waals surface area contributed by atoms with Gasteiger partial charge in [0.2, 0.25) is 0 Å². The first-order chi connectivity index (χ1) is 9.15. The molecule has 0 unspecified atom stereocenters. The van der Waals surface area contributed by atoms with Gasteiger partial charge in [-0.25, -0.2) is 0 Å². The Morgan fingerprint density at radius 2 is 2.05 bits per heavy atom. The standard InChI is InChI=1S/C14H20INO2S/c1-19-9-5-3-2-4-8-16-14(18)11-6-7-12(15)13(17)10-11/h6-7,10,17H,2-5,8-9H2,1H3,(H,16,18). The molecule has 1 amide bonds. The van der Waals surface area contributed by atoms with Crippen LogP contribution in [-0.2, 0) is 0 Å². The molecule has 19 heavy (non-hydrogen) atoms. The molecule has 0 aliphatic rings. The first-order valence-corrected chi connectivity index (χ1v) is 8.88. The minimum absolute atomic E-state index is 0.115. The molecular weight excluding hydrogens is 373 g/mol. The van der Waals surface area contributed by atoms with Crippen LogP contribution in [0.25, 0.3) is 0 Å². The van der Waals surface area contributed by atoms with E-state index in [0.29, 0.717) is 12.1 Å². The second-order valence-corrected chi connectivity index (χ2v) is 6.48. The van der Waals surface area contributed by atoms with E-state index in [1.165, 1.54) is 24.7 Å². The van der Waals surface area contributed by atoms with E-state index in [-0.39, 0.29) is 11.7 Å². The van der Waals surface area contributed by atoms with Crippen LogP contribution < -0.4 is 5.32 Å². The van der Waals surface area contributed by atoms with Crippen molar-refractivity contribution in [1.82, 2.24) is 5.32 Å². The fourth-order valence-electron chi connectivity index (χ4n) is 1.68. The molecule has 0 heterocycles. The minimum Gasteiger partial charge on any atom is -0.507 e. The predicted octanol–water partition coefficient (Wildman–Crippen LogP) is 3.65. The average molecular weight is 393 g/mol. The summed E-state index contributed by atoms with van der Waals surface area (Å²) in [6.45, 7) is 0.699. The van der Waals surface area contributed by atoms with Gasteiger partial charge in [-0.15, -0.1) is 0 Å². The maximum Gasteiger partial charge on any atom is 0.251 e. The van der Waals surface area contributed by atoms with E-state index < -0.39 is 0 Å². The van der Waals surface area contributed by atoms with Crippen molar-refractivity contribution in [2.24, 2.45) is 0 Å². The highest BCUT2D eigenvalue weighted by Crippen LogP contribution is 2.20. The van der Waals surface area contributed by atoms with E-state index >= 15 is 0 Å². The van der Waals surface area contributed by atoms with Gasteiger partial charge in [-0.3, -0.25) is 4.79 Å². The Bertz CT molecular complexity index is 412. The highest BCUT2D eigenvalue weighted by atomic mass is 127. The van der Waals surface area contributed by atoms with Crippen molar-refractivity contribution < 1.29 is 9.90 Å². The van der Waals surface area contributed by atoms with E-state index in [2.05, 4.69) is 11.6 Å². The van der Waals surface area contributed by atoms with Crippen molar-refractivity contribution in [3.05, 3.63) is 27.3 Å². The molecule has 0 spiro atoms. The van der Waals surface area contributed by atoms with Gasteiger partial charge < -0.3 is 10.4 Å². The fourth-order valence-corrected chi connectivity index (χ4v) is 2.51. The van der Waals surface area contributed by atoms with E-state index in [1.807, 2.05) is 34.4 Å². The van der Waals surface area contributed by atoms with Crippen molar-refractivity contribution in [3.63, 3.8) is 0 Å². The lowest BCUT2D eigenvalue weighted by Gasteiger charge is -2.06. The molecule has 0 radical (unpaired) electrons. The summed E-state index contributed by atoms with van der Waals surface area (Å²) in [5.41, 5.74) is 0.514. The Labute approximate surface area is 132 Å². The molecule has 1 aromatic carbocycles. The van der Waals surface area contributed by atoms with Gasteiger partial charge in [-0.2, -0.15) is 11.8 Å². The molecule has 0 aliphatic heterocycles. The lowest BCUT2D eigenvalue weighted by atomic mass is 10.2. The number of hydrogen-bond acceptors (Lipinski definition) is 3. The minimum atomic E-state index is -0.115. The van der Waals surface area contributed by atoms with Gasteiger partial charge in [-0.05, 0) is 65.6 Å². The zero-order valence-corrected chi connectivity index (χ0v) is 14.1. The summed E-state index contributed by atoms with van der Waals surface area (Å²) in [5, 5.41) is 12.4. The Balaban J connectivity index is 2.22. The highest BCUT2D eigenvalue weighted by Gasteiger charge is 2.07. The van der Waals surface area contributed by atoms with Gasteiger partial charge >= 0.3 is 0 Å². The molecule has 0 fully saturated rings. The highest BCUT2D eigenvalue weighted by molar-refractivity contribution is 14.1. The third kappa shape index (κ3) is 6.51. The summed E-state index contributed by atoms with van der Waals surface area (Å²) in [5.74, 6) is 1.26. The first kappa shape index (κ1) is 16.6. The monoisotopic (exact) mass is 393 g/mol. The molecule has 5 heteroatoms. The van der Waals surface area contributed by atoms with Crippen LogP contribution in [0.1, 0.15) is 36.0 Å². The van der Waals surface area contributed by atoms with Crippen molar-refractivity contribution in [2.45, 2.75) is 25.7 Å². The predicted molar refractivity (Wildman–Crippen MR) is 90.0 cm³/mol. The molecule has 0 atom stereocenters. The van der Waals surface area contributed by atoms with Crippen LogP contribution in [-0.4, -0.2) is 29.6 Å². The average Bonchev–Trinajstić information content (AvgIpc) is 2.40. The second kappa shape index (κ2) is 9.47. The van der Waals surface area contributed by atoms with Gasteiger partial charge in [-0.1, -0.05) is 12.8 Å². The maximum absolute atomic E-state index is 11.8. The van der Waals surface area contributed by atoms with Crippen molar-refractivity contribution >= 4 is 40.3 Å². The SMILES string of the molecule is CSCCCCCCNC(=O)c1ccc(I)c(O)c1. The smallest absolute Gasteiger partial charge is 0.251 e. The summed E-state index contributed by atoms with van der Waals surface area (Å²) in [4.78, 5) is 11.8. The van der Waals surface area contributed by atoms with Gasteiger partial charge in [0.05, 0.1) is 3.57 Å². The van der Waals surface area contributed by atoms with Crippen molar-refractivity contribution in [2.75, 3.05) is 18.6 Å². The molecule has 0 bridgehead atoms. The van der Waals surface area contributed by atoms with E-state index in [4.69, 9.17) is 0 Å². The van der Waals surface area contributed by atoms with Crippen LogP contribution in [0.4, 0.5) is 0 Å². The number of rotatable bonds is 8. The number of unbranched alkanes of at least 4 members (excludes halogenated alkanes) is 3. The number of nitrogens with one attached hydrogen (secondary N) is 1. The Kier molecular flexibility index (Phi) is 8.29. The summed E-state index contributed by atoms with van der Waals surface area (Å²) >= 11 is 3.91. The van der Waals surface area contributed by atoms with Crippen LogP contribution in [0.5, 0.6) is 5.75 Å². The zero-order chi connectivity index (χ0) is 14.1. The van der Waals surface area contributed by atoms with E-state index in [9.17, 15) is 9.90 Å². The van der Waals surface area contributed by atoms with Crippen LogP contribution in [0.3, 0.4) is 0 Å². The number of phenols is 1. The molecule has 3 nitrogen and oxygen atoms in total. The van der Waals surface area contributed by atoms with Crippen molar-refractivity contribution in [3.8, 4) is 5.75 Å². The van der Waals surface area contributed by atoms with Crippen LogP contribution in [0.15, 0.2) is 18.2 Å². The summed E-state index contributed by atoms with van der Waals surface area (Å²) in [7, 11) is 0. The van der Waals surface area contributed by atoms with Crippen LogP contribution in [0, 0.1) is 3.57 Å². The Morgan fingerprint density at radius 1 is 1.32 bits per heavy atom. The molecule has 106 valence electrons. The number of phenolic OH excluding ortho intramolecular Hbond substituents is 1. The largest absolute Gasteiger partial charge is 0.507 e. The number of aromatic hydroxyl groups is 1. The number of carbonyl (C=O) groups excluding carboxylic acids is 1. The molecule has 0 saturated heterocycles. The van der Waals surface area contributed by atoms with E-state index in [0.717, 1.165) is 16.4 Å². The number of amides is 1. The molecule has 0 aliphatic carbocycles. The quantitative estimate of drug-likeness (QED) is 0.524. The topological polar surface area (TPSA) is 49.3 Å². The number of benzene rings is 1. The molecule has 2 N–H and O–H groups in total. The third-order valence-corrected chi connectivity index (χ3v) is 4.38. The summed E-state index contributed by atoms with van der Waals surface area (Å²) in [6, 6.07) is 4.98. The third-order valence-electron chi connectivity index (χ3n) is 2.77. The number of carbonyl (C=O) groups is 1. The molecule has 1 rings (SSSR count). The number of thioether (sulfide) groups is 1. The Morgan fingerprint density at radius 3 is 2.74 bits per heavy atom. The van der Waals surface area contributed by atoms with Gasteiger partial charge in [0.25, 0.3) is 5.91 Å². The summed E-state index contributed by atoms with van der Waals surface area (Å²) in [6.07, 6.45) is 6.76. The fraction of sp³-hybridized carbons (Fsp3) is 0.500. The number of hydrogen-bond donors (Lipinski definition) is 2. The van der Waals surface area contributed by atoms with Crippen LogP contribution >= 0.6 is 34.4 Å². The van der Waals surface area contributed by atoms with E-state index in [1.54, 1.807) is 12.1 Å². The van der Waals surface area contributed by atoms with Crippen LogP contribution in [0.2, 0.25) is 0 Å². The number of halogens is 1. The molecule has 0 aromatic heterocycles. The lowest BCUT2D eigenvalue weighted by molar-refractivity contribution is 0.0952. The molecule has 1 aromatic rings. The second-order valence-electron chi connectivity index (χ2n) is 4.33. The maximum atomic E-state index is 11.8. The van der Waals surface area contributed by atoms with Gasteiger partial charge in [0, 0.05) is 12.1 Å². The summed E-state index contributed by atoms with van der Waals surface area (Å²) < 4.78 is 0.753. The molecular formula is C14H20INO2S. The first-order valence-electron chi connectivity index (χ1n) is 6.41. The zero-order valence-electron chi connectivity index (χ0n) is 11.1. The van der Waals surface area contributed by atoms with Gasteiger partial charge in [0.1, 0.15) is 5.75 Å². The molecule has 0 saturated carbocycles. The normalized spacial score (nSPS) is 10.4. The lowest BCUT2D eigenvalue weighted by Crippen LogP contribution is -2.24. The van der Waals surface area contributed by atoms with Gasteiger partial charge in [0.15, 0.2) is 0 Å². The van der Waals surface area contributed by atoms with Crippen molar-refractivity contribution in [1.29, 1.82) is 0 Å². The Hall–Kier alpha value is -0.430.